The predicted molar refractivity (Wildman–Crippen MR) is 140 cm³/mol. The van der Waals surface area contributed by atoms with Crippen LogP contribution < -0.4 is 5.32 Å². The van der Waals surface area contributed by atoms with Crippen LogP contribution in [-0.4, -0.2) is 18.5 Å². The van der Waals surface area contributed by atoms with Crippen LogP contribution in [-0.2, 0) is 4.74 Å². The van der Waals surface area contributed by atoms with Crippen molar-refractivity contribution in [3.05, 3.63) is 29.3 Å². The van der Waals surface area contributed by atoms with Gasteiger partial charge in [-0.2, -0.15) is 0 Å². The first-order valence-electron chi connectivity index (χ1n) is 12.0. The smallest absolute Gasteiger partial charge is 0.411 e. The molecule has 0 spiro atoms. The quantitative estimate of drug-likeness (QED) is 0.192. The first-order valence-corrected chi connectivity index (χ1v) is 13.4. The number of anilines is 1. The molecule has 0 saturated carbocycles. The Morgan fingerprint density at radius 1 is 0.969 bits per heavy atom. The summed E-state index contributed by atoms with van der Waals surface area (Å²) in [6.45, 7) is 2.64. The number of hydrogen-bond acceptors (Lipinski definition) is 3. The molecule has 3 nitrogen and oxygen atoms in total. The van der Waals surface area contributed by atoms with E-state index in [-0.39, 0.29) is 0 Å². The minimum atomic E-state index is -0.469. The SMILES string of the molecule is CCCCCCCCCCCCSC#CC#CCCCCOC(=O)Nc1cccc(Cl)c1. The topological polar surface area (TPSA) is 38.3 Å². The standard InChI is InChI=1S/C27H38ClNO2S/c1-2-3-4-5-6-7-8-10-13-16-22-32-23-17-14-11-9-12-15-21-31-27(30)29-26-20-18-19-25(28)24-26/h18-20,24H,2-10,12-13,15-16,21-22H2,1H3,(H,29,30). The Morgan fingerprint density at radius 3 is 2.41 bits per heavy atom. The lowest BCUT2D eigenvalue weighted by Crippen LogP contribution is -2.14. The van der Waals surface area contributed by atoms with Gasteiger partial charge in [0.05, 0.1) is 6.61 Å². The van der Waals surface area contributed by atoms with E-state index >= 15 is 0 Å². The van der Waals surface area contributed by atoms with Crippen LogP contribution in [0.5, 0.6) is 0 Å². The summed E-state index contributed by atoms with van der Waals surface area (Å²) in [5, 5.41) is 6.29. The third kappa shape index (κ3) is 17.9. The number of carbonyl (C=O) groups is 1. The normalized spacial score (nSPS) is 9.94. The second-order valence-electron chi connectivity index (χ2n) is 7.79. The molecule has 0 atom stereocenters. The fourth-order valence-corrected chi connectivity index (χ4v) is 3.85. The van der Waals surface area contributed by atoms with Crippen molar-refractivity contribution >= 4 is 35.1 Å². The van der Waals surface area contributed by atoms with E-state index < -0.39 is 6.09 Å². The van der Waals surface area contributed by atoms with E-state index in [4.69, 9.17) is 16.3 Å². The molecule has 0 bridgehead atoms. The van der Waals surface area contributed by atoms with E-state index in [0.717, 1.165) is 25.0 Å². The van der Waals surface area contributed by atoms with Gasteiger partial charge in [0.25, 0.3) is 0 Å². The Balaban J connectivity index is 1.88. The van der Waals surface area contributed by atoms with Crippen LogP contribution in [0.2, 0.25) is 5.02 Å². The zero-order valence-corrected chi connectivity index (χ0v) is 21.1. The van der Waals surface area contributed by atoms with Gasteiger partial charge in [-0.25, -0.2) is 4.79 Å². The van der Waals surface area contributed by atoms with Crippen molar-refractivity contribution in [2.75, 3.05) is 17.7 Å². The van der Waals surface area contributed by atoms with Crippen molar-refractivity contribution in [1.82, 2.24) is 0 Å². The van der Waals surface area contributed by atoms with E-state index in [1.54, 1.807) is 36.0 Å². The summed E-state index contributed by atoms with van der Waals surface area (Å²) in [5.74, 6) is 9.96. The first-order chi connectivity index (χ1) is 15.7. The molecule has 32 heavy (non-hydrogen) atoms. The fraction of sp³-hybridized carbons (Fsp3) is 0.593. The Morgan fingerprint density at radius 2 is 1.69 bits per heavy atom. The number of nitrogens with one attached hydrogen (secondary N) is 1. The summed E-state index contributed by atoms with van der Waals surface area (Å²) >= 11 is 7.55. The third-order valence-electron chi connectivity index (χ3n) is 4.87. The lowest BCUT2D eigenvalue weighted by molar-refractivity contribution is 0.159. The molecule has 0 heterocycles. The van der Waals surface area contributed by atoms with Crippen molar-refractivity contribution < 1.29 is 9.53 Å². The Labute approximate surface area is 204 Å². The average Bonchev–Trinajstić information content (AvgIpc) is 2.78. The van der Waals surface area contributed by atoms with Gasteiger partial charge in [-0.1, -0.05) is 100 Å². The van der Waals surface area contributed by atoms with E-state index in [0.29, 0.717) is 17.3 Å². The number of benzene rings is 1. The van der Waals surface area contributed by atoms with Gasteiger partial charge in [0, 0.05) is 22.9 Å². The molecule has 1 N–H and O–H groups in total. The van der Waals surface area contributed by atoms with Crippen LogP contribution in [0.4, 0.5) is 10.5 Å². The lowest BCUT2D eigenvalue weighted by Gasteiger charge is -2.06. The summed E-state index contributed by atoms with van der Waals surface area (Å²) < 4.78 is 5.15. The predicted octanol–water partition coefficient (Wildman–Crippen LogP) is 8.68. The zero-order chi connectivity index (χ0) is 23.1. The maximum atomic E-state index is 11.7. The van der Waals surface area contributed by atoms with Crippen molar-refractivity contribution in [3.63, 3.8) is 0 Å². The van der Waals surface area contributed by atoms with E-state index in [2.05, 4.69) is 35.3 Å². The molecule has 0 aliphatic heterocycles. The molecular formula is C27H38ClNO2S. The highest BCUT2D eigenvalue weighted by Gasteiger charge is 2.02. The molecule has 1 amide bonds. The van der Waals surface area contributed by atoms with E-state index in [9.17, 15) is 4.79 Å². The number of ether oxygens (including phenoxy) is 1. The van der Waals surface area contributed by atoms with Crippen LogP contribution in [0.3, 0.4) is 0 Å². The van der Waals surface area contributed by atoms with E-state index in [1.165, 1.54) is 64.2 Å². The van der Waals surface area contributed by atoms with Gasteiger partial charge in [0.2, 0.25) is 0 Å². The molecule has 0 saturated heterocycles. The number of rotatable bonds is 16. The molecule has 1 rings (SSSR count). The molecule has 0 aliphatic rings. The molecule has 0 radical (unpaired) electrons. The molecule has 5 heteroatoms. The summed E-state index contributed by atoms with van der Waals surface area (Å²) in [4.78, 5) is 11.7. The van der Waals surface area contributed by atoms with Crippen molar-refractivity contribution in [2.24, 2.45) is 0 Å². The first kappa shape index (κ1) is 28.3. The Bertz CT molecular complexity index is 745. The highest BCUT2D eigenvalue weighted by Crippen LogP contribution is 2.15. The molecule has 0 fully saturated rings. The number of halogens is 1. The van der Waals surface area contributed by atoms with Crippen molar-refractivity contribution in [1.29, 1.82) is 0 Å². The van der Waals surface area contributed by atoms with Crippen LogP contribution in [0.1, 0.15) is 90.4 Å². The maximum absolute atomic E-state index is 11.7. The van der Waals surface area contributed by atoms with Crippen molar-refractivity contribution in [2.45, 2.75) is 90.4 Å². The summed E-state index contributed by atoms with van der Waals surface area (Å²) in [6, 6.07) is 6.96. The molecule has 0 aromatic heterocycles. The van der Waals surface area contributed by atoms with Gasteiger partial charge < -0.3 is 4.74 Å². The zero-order valence-electron chi connectivity index (χ0n) is 19.5. The number of amides is 1. The van der Waals surface area contributed by atoms with Gasteiger partial charge in [-0.3, -0.25) is 5.32 Å². The number of thioether (sulfide) groups is 1. The lowest BCUT2D eigenvalue weighted by atomic mass is 10.1. The van der Waals surface area contributed by atoms with E-state index in [1.807, 2.05) is 0 Å². The number of carbonyl (C=O) groups excluding carboxylic acids is 1. The Kier molecular flexibility index (Phi) is 18.7. The van der Waals surface area contributed by atoms with Gasteiger partial charge in [-0.05, 0) is 54.6 Å². The fourth-order valence-electron chi connectivity index (χ4n) is 3.08. The maximum Gasteiger partial charge on any atom is 0.411 e. The minimum Gasteiger partial charge on any atom is -0.449 e. The second kappa shape index (κ2) is 21.1. The van der Waals surface area contributed by atoms with Crippen LogP contribution in [0.15, 0.2) is 24.3 Å². The number of unbranched alkanes of at least 4 members (excludes halogenated alkanes) is 11. The summed E-state index contributed by atoms with van der Waals surface area (Å²) in [6.07, 6.45) is 15.6. The highest BCUT2D eigenvalue weighted by molar-refractivity contribution is 8.03. The monoisotopic (exact) mass is 475 g/mol. The van der Waals surface area contributed by atoms with Crippen LogP contribution in [0.25, 0.3) is 0 Å². The molecule has 0 unspecified atom stereocenters. The average molecular weight is 476 g/mol. The molecular weight excluding hydrogens is 438 g/mol. The second-order valence-corrected chi connectivity index (χ2v) is 9.13. The number of hydrogen-bond donors (Lipinski definition) is 1. The molecule has 0 aliphatic carbocycles. The highest BCUT2D eigenvalue weighted by atomic mass is 35.5. The summed E-state index contributed by atoms with van der Waals surface area (Å²) in [5.41, 5.74) is 0.623. The molecule has 1 aromatic rings. The Hall–Kier alpha value is -1.75. The van der Waals surface area contributed by atoms with Gasteiger partial charge in [-0.15, -0.1) is 0 Å². The molecule has 1 aromatic carbocycles. The minimum absolute atomic E-state index is 0.370. The van der Waals surface area contributed by atoms with Crippen LogP contribution in [0, 0.1) is 23.0 Å². The van der Waals surface area contributed by atoms with Gasteiger partial charge >= 0.3 is 6.09 Å². The largest absolute Gasteiger partial charge is 0.449 e. The molecule has 176 valence electrons. The van der Waals surface area contributed by atoms with Gasteiger partial charge in [0.15, 0.2) is 0 Å². The van der Waals surface area contributed by atoms with Crippen LogP contribution >= 0.6 is 23.4 Å². The van der Waals surface area contributed by atoms with Crippen molar-refractivity contribution in [3.8, 4) is 23.0 Å². The third-order valence-corrected chi connectivity index (χ3v) is 5.85. The summed E-state index contributed by atoms with van der Waals surface area (Å²) in [7, 11) is 0. The van der Waals surface area contributed by atoms with Gasteiger partial charge in [0.1, 0.15) is 0 Å².